The summed E-state index contributed by atoms with van der Waals surface area (Å²) in [6, 6.07) is 17.4. The molecule has 2 aromatic heterocycles. The Bertz CT molecular complexity index is 1120. The number of aromatic nitrogens is 2. The highest BCUT2D eigenvalue weighted by molar-refractivity contribution is 6.32. The van der Waals surface area contributed by atoms with Crippen LogP contribution in [0, 0.1) is 0 Å². The van der Waals surface area contributed by atoms with E-state index in [0.717, 1.165) is 18.7 Å². The van der Waals surface area contributed by atoms with Crippen molar-refractivity contribution in [1.82, 2.24) is 20.2 Å². The maximum Gasteiger partial charge on any atom is 0.257 e. The first-order valence-corrected chi connectivity index (χ1v) is 11.8. The predicted octanol–water partition coefficient (Wildman–Crippen LogP) is 3.84. The Morgan fingerprint density at radius 2 is 1.76 bits per heavy atom. The summed E-state index contributed by atoms with van der Waals surface area (Å²) < 4.78 is 0. The summed E-state index contributed by atoms with van der Waals surface area (Å²) in [5, 5.41) is 3.27. The molecule has 176 valence electrons. The van der Waals surface area contributed by atoms with Crippen LogP contribution in [0.4, 0.5) is 5.82 Å². The minimum Gasteiger partial charge on any atom is -0.353 e. The number of rotatable bonds is 7. The van der Waals surface area contributed by atoms with Gasteiger partial charge in [-0.3, -0.25) is 9.59 Å². The van der Waals surface area contributed by atoms with Gasteiger partial charge in [-0.15, -0.1) is 0 Å². The van der Waals surface area contributed by atoms with E-state index in [-0.39, 0.29) is 23.0 Å². The molecule has 0 spiro atoms. The maximum atomic E-state index is 12.7. The van der Waals surface area contributed by atoms with E-state index in [2.05, 4.69) is 32.3 Å². The van der Waals surface area contributed by atoms with Gasteiger partial charge >= 0.3 is 0 Å². The third-order valence-electron chi connectivity index (χ3n) is 5.98. The van der Waals surface area contributed by atoms with Gasteiger partial charge in [0.2, 0.25) is 0 Å². The molecule has 0 radical (unpaired) electrons. The van der Waals surface area contributed by atoms with Crippen LogP contribution in [0.15, 0.2) is 67.0 Å². The monoisotopic (exact) mass is 477 g/mol. The highest BCUT2D eigenvalue weighted by atomic mass is 35.5. The van der Waals surface area contributed by atoms with Gasteiger partial charge in [0, 0.05) is 44.6 Å². The van der Waals surface area contributed by atoms with Gasteiger partial charge in [-0.05, 0) is 49.6 Å². The Morgan fingerprint density at radius 3 is 2.44 bits per heavy atom. The van der Waals surface area contributed by atoms with Crippen LogP contribution in [-0.2, 0) is 6.42 Å². The van der Waals surface area contributed by atoms with Crippen molar-refractivity contribution >= 4 is 29.2 Å². The van der Waals surface area contributed by atoms with E-state index in [1.807, 2.05) is 31.2 Å². The number of benzene rings is 1. The molecule has 1 atom stereocenters. The SMILES string of the molecule is CC(CCc1ccccc1)NC(=O)c1ccc(N2CCN(C(=O)c3cccnc3Cl)CC2)nc1. The summed E-state index contributed by atoms with van der Waals surface area (Å²) in [5.41, 5.74) is 2.22. The number of carbonyl (C=O) groups is 2. The largest absolute Gasteiger partial charge is 0.353 e. The standard InChI is InChI=1S/C26H28ClN5O2/c1-19(9-10-20-6-3-2-4-7-20)30-25(33)21-11-12-23(29-18-21)31-14-16-32(17-15-31)26(34)22-8-5-13-28-24(22)27/h2-8,11-13,18-19H,9-10,14-17H2,1H3,(H,30,33). The molecule has 3 aromatic rings. The predicted molar refractivity (Wildman–Crippen MR) is 133 cm³/mol. The molecular formula is C26H28ClN5O2. The van der Waals surface area contributed by atoms with Gasteiger partial charge in [0.15, 0.2) is 0 Å². The number of hydrogen-bond acceptors (Lipinski definition) is 5. The molecule has 1 aromatic carbocycles. The van der Waals surface area contributed by atoms with Gasteiger partial charge in [-0.1, -0.05) is 41.9 Å². The number of nitrogens with one attached hydrogen (secondary N) is 1. The zero-order chi connectivity index (χ0) is 23.9. The molecular weight excluding hydrogens is 450 g/mol. The smallest absolute Gasteiger partial charge is 0.257 e. The van der Waals surface area contributed by atoms with E-state index in [4.69, 9.17) is 11.6 Å². The van der Waals surface area contributed by atoms with Gasteiger partial charge in [0.05, 0.1) is 11.1 Å². The van der Waals surface area contributed by atoms with Gasteiger partial charge in [-0.25, -0.2) is 9.97 Å². The van der Waals surface area contributed by atoms with E-state index in [1.165, 1.54) is 5.56 Å². The van der Waals surface area contributed by atoms with Gasteiger partial charge in [-0.2, -0.15) is 0 Å². The van der Waals surface area contributed by atoms with Crippen molar-refractivity contribution in [3.05, 3.63) is 88.8 Å². The molecule has 8 heteroatoms. The van der Waals surface area contributed by atoms with Crippen LogP contribution >= 0.6 is 11.6 Å². The first kappa shape index (κ1) is 23.7. The van der Waals surface area contributed by atoms with Gasteiger partial charge in [0.1, 0.15) is 11.0 Å². The van der Waals surface area contributed by atoms with Crippen LogP contribution in [-0.4, -0.2) is 58.9 Å². The summed E-state index contributed by atoms with van der Waals surface area (Å²) in [5.74, 6) is 0.558. The minimum absolute atomic E-state index is 0.0614. The summed E-state index contributed by atoms with van der Waals surface area (Å²) in [4.78, 5) is 37.7. The highest BCUT2D eigenvalue weighted by Gasteiger charge is 2.24. The van der Waals surface area contributed by atoms with Crippen LogP contribution in [0.5, 0.6) is 0 Å². The zero-order valence-electron chi connectivity index (χ0n) is 19.2. The van der Waals surface area contributed by atoms with Crippen molar-refractivity contribution in [2.75, 3.05) is 31.1 Å². The number of hydrogen-bond donors (Lipinski definition) is 1. The number of anilines is 1. The molecule has 7 nitrogen and oxygen atoms in total. The molecule has 1 fully saturated rings. The average molecular weight is 478 g/mol. The Morgan fingerprint density at radius 1 is 1.00 bits per heavy atom. The van der Waals surface area contributed by atoms with Crippen molar-refractivity contribution in [1.29, 1.82) is 0 Å². The molecule has 4 rings (SSSR count). The second-order valence-corrected chi connectivity index (χ2v) is 8.78. The van der Waals surface area contributed by atoms with Crippen molar-refractivity contribution in [3.63, 3.8) is 0 Å². The molecule has 3 heterocycles. The first-order valence-electron chi connectivity index (χ1n) is 11.5. The molecule has 0 bridgehead atoms. The van der Waals surface area contributed by atoms with Crippen molar-refractivity contribution in [2.45, 2.75) is 25.8 Å². The highest BCUT2D eigenvalue weighted by Crippen LogP contribution is 2.18. The van der Waals surface area contributed by atoms with E-state index >= 15 is 0 Å². The average Bonchev–Trinajstić information content (AvgIpc) is 2.88. The number of halogens is 1. The maximum absolute atomic E-state index is 12.7. The van der Waals surface area contributed by atoms with Crippen molar-refractivity contribution < 1.29 is 9.59 Å². The molecule has 1 aliphatic heterocycles. The molecule has 2 amide bonds. The van der Waals surface area contributed by atoms with Crippen molar-refractivity contribution in [3.8, 4) is 0 Å². The molecule has 1 unspecified atom stereocenters. The second-order valence-electron chi connectivity index (χ2n) is 8.42. The lowest BCUT2D eigenvalue weighted by atomic mass is 10.1. The third-order valence-corrected chi connectivity index (χ3v) is 6.28. The van der Waals surface area contributed by atoms with Gasteiger partial charge < -0.3 is 15.1 Å². The summed E-state index contributed by atoms with van der Waals surface area (Å²) >= 11 is 6.07. The lowest BCUT2D eigenvalue weighted by Crippen LogP contribution is -2.49. The van der Waals surface area contributed by atoms with Crippen LogP contribution < -0.4 is 10.2 Å². The summed E-state index contributed by atoms with van der Waals surface area (Å²) in [7, 11) is 0. The lowest BCUT2D eigenvalue weighted by Gasteiger charge is -2.35. The Kier molecular flexibility index (Phi) is 7.75. The molecule has 1 N–H and O–H groups in total. The lowest BCUT2D eigenvalue weighted by molar-refractivity contribution is 0.0746. The van der Waals surface area contributed by atoms with E-state index < -0.39 is 0 Å². The third kappa shape index (κ3) is 5.91. The molecule has 1 saturated heterocycles. The van der Waals surface area contributed by atoms with E-state index in [9.17, 15) is 9.59 Å². The molecule has 0 saturated carbocycles. The Balaban J connectivity index is 1.27. The molecule has 34 heavy (non-hydrogen) atoms. The molecule has 1 aliphatic rings. The van der Waals surface area contributed by atoms with Gasteiger partial charge in [0.25, 0.3) is 11.8 Å². The van der Waals surface area contributed by atoms with E-state index in [0.29, 0.717) is 37.3 Å². The second kappa shape index (κ2) is 11.1. The number of carbonyl (C=O) groups excluding carboxylic acids is 2. The minimum atomic E-state index is -0.122. The Hall–Kier alpha value is -3.45. The normalized spacial score (nSPS) is 14.5. The fourth-order valence-electron chi connectivity index (χ4n) is 3.97. The van der Waals surface area contributed by atoms with Crippen LogP contribution in [0.3, 0.4) is 0 Å². The fourth-order valence-corrected chi connectivity index (χ4v) is 4.17. The van der Waals surface area contributed by atoms with Crippen LogP contribution in [0.1, 0.15) is 39.6 Å². The number of piperazine rings is 1. The quantitative estimate of drug-likeness (QED) is 0.523. The Labute approximate surface area is 204 Å². The van der Waals surface area contributed by atoms with Crippen LogP contribution in [0.25, 0.3) is 0 Å². The number of pyridine rings is 2. The number of nitrogens with zero attached hydrogens (tertiary/aromatic N) is 4. The van der Waals surface area contributed by atoms with E-state index in [1.54, 1.807) is 35.5 Å². The van der Waals surface area contributed by atoms with Crippen molar-refractivity contribution in [2.24, 2.45) is 0 Å². The van der Waals surface area contributed by atoms with Crippen LogP contribution in [0.2, 0.25) is 5.15 Å². The first-order chi connectivity index (χ1) is 16.5. The zero-order valence-corrected chi connectivity index (χ0v) is 19.9. The fraction of sp³-hybridized carbons (Fsp3) is 0.308. The molecule has 0 aliphatic carbocycles. The summed E-state index contributed by atoms with van der Waals surface area (Å²) in [6.07, 6.45) is 4.97. The number of amides is 2. The number of aryl methyl sites for hydroxylation is 1. The summed E-state index contributed by atoms with van der Waals surface area (Å²) in [6.45, 7) is 4.44. The topological polar surface area (TPSA) is 78.4 Å².